The predicted molar refractivity (Wildman–Crippen MR) is 247 cm³/mol. The molecule has 0 aliphatic carbocycles. The molecular weight excluding hydrogens is 751 g/mol. The Balaban J connectivity index is 1.40. The van der Waals surface area contributed by atoms with Crippen molar-refractivity contribution in [3.05, 3.63) is 217 Å². The van der Waals surface area contributed by atoms with Crippen LogP contribution in [0.2, 0.25) is 0 Å². The Labute approximate surface area is 343 Å². The maximum absolute atomic E-state index is 15.1. The molecule has 0 bridgehead atoms. The minimum absolute atomic E-state index is 0.288. The van der Waals surface area contributed by atoms with Gasteiger partial charge in [-0.2, -0.15) is 0 Å². The Kier molecular flexibility index (Phi) is 12.2. The first-order chi connectivity index (χ1) is 28.4. The number of carbonyl (C=O) groups is 2. The van der Waals surface area contributed by atoms with E-state index >= 15 is 9.59 Å². The molecule has 0 fully saturated rings. The van der Waals surface area contributed by atoms with Gasteiger partial charge in [0.15, 0.2) is 0 Å². The van der Waals surface area contributed by atoms with Crippen LogP contribution in [0.1, 0.15) is 60.2 Å². The second-order valence-corrected chi connectivity index (χ2v) is 24.1. The van der Waals surface area contributed by atoms with E-state index in [1.165, 1.54) is 0 Å². The van der Waals surface area contributed by atoms with Gasteiger partial charge in [-0.25, -0.2) is 0 Å². The number of hydrogen-bond donors (Lipinski definition) is 0. The van der Waals surface area contributed by atoms with Gasteiger partial charge in [-0.1, -0.05) is 0 Å². The fourth-order valence-electron chi connectivity index (χ4n) is 8.70. The summed E-state index contributed by atoms with van der Waals surface area (Å²) >= 11 is 0. The summed E-state index contributed by atoms with van der Waals surface area (Å²) in [7, 11) is 0. The van der Waals surface area contributed by atoms with Crippen LogP contribution < -0.4 is 31.8 Å². The zero-order valence-electron chi connectivity index (χ0n) is 33.4. The molecule has 0 unspecified atom stereocenters. The number of benzene rings is 7. The molecule has 7 aromatic carbocycles. The summed E-state index contributed by atoms with van der Waals surface area (Å²) in [5.74, 6) is -0.977. The fourth-order valence-corrected chi connectivity index (χ4v) is 20.5. The van der Waals surface area contributed by atoms with E-state index in [2.05, 4.69) is 86.6 Å². The van der Waals surface area contributed by atoms with Crippen molar-refractivity contribution < 1.29 is 18.6 Å². The van der Waals surface area contributed by atoms with Crippen LogP contribution in [-0.2, 0) is 9.05 Å². The zero-order chi connectivity index (χ0) is 40.4. The van der Waals surface area contributed by atoms with E-state index in [1.807, 2.05) is 109 Å². The molecule has 7 aromatic rings. The van der Waals surface area contributed by atoms with Crippen molar-refractivity contribution in [1.82, 2.24) is 0 Å². The van der Waals surface area contributed by atoms with Gasteiger partial charge in [-0.05, 0) is 0 Å². The number of unbranched alkanes of at least 4 members (excludes halogenated alkanes) is 2. The summed E-state index contributed by atoms with van der Waals surface area (Å²) in [6.45, 7) is -3.62. The molecule has 0 amide bonds. The zero-order valence-corrected chi connectivity index (χ0v) is 35.2. The summed E-state index contributed by atoms with van der Waals surface area (Å²) in [4.78, 5) is 30.3. The van der Waals surface area contributed by atoms with Crippen LogP contribution in [0.25, 0.3) is 0 Å². The minimum atomic E-state index is -3.98. The molecule has 0 heterocycles. The first kappa shape index (κ1) is 40.5. The summed E-state index contributed by atoms with van der Waals surface area (Å²) in [6.07, 6.45) is 4.75. The van der Waals surface area contributed by atoms with Crippen LogP contribution in [0.4, 0.5) is 0 Å². The van der Waals surface area contributed by atoms with E-state index in [0.717, 1.165) is 57.5 Å². The molecule has 294 valence electrons. The second-order valence-electron chi connectivity index (χ2n) is 14.9. The number of rotatable bonds is 16. The standard InChI is InChI=1S/C52H52O4P2/c1-3-5-40-57(45-28-13-7-14-29-45,46-30-15-8-16-31-46,47-32-17-9-18-33-47)55-51(53)43-26-25-27-44(42-43)52(54)56-58(41-6-4-2,48-34-19-10-20-35-48,49-36-21-11-22-37-49)50-38-23-12-24-39-50/h7-39,42H,3-6,40-41H2,1-2H3. The molecular formula is C52H52O4P2. The van der Waals surface area contributed by atoms with Crippen molar-refractivity contribution >= 4 is 57.4 Å². The molecule has 7 rings (SSSR count). The molecule has 6 heteroatoms. The third-order valence-corrected chi connectivity index (χ3v) is 23.4. The third kappa shape index (κ3) is 7.00. The molecule has 58 heavy (non-hydrogen) atoms. The van der Waals surface area contributed by atoms with Gasteiger partial charge < -0.3 is 0 Å². The molecule has 0 radical (unpaired) electrons. The Morgan fingerprint density at radius 2 is 0.603 bits per heavy atom. The first-order valence-corrected chi connectivity index (χ1v) is 25.0. The Hall–Kier alpha value is -5.66. The average Bonchev–Trinajstić information content (AvgIpc) is 3.31. The molecule has 0 aromatic heterocycles. The predicted octanol–water partition coefficient (Wildman–Crippen LogP) is 10.5. The Morgan fingerprint density at radius 1 is 0.362 bits per heavy atom. The van der Waals surface area contributed by atoms with Crippen molar-refractivity contribution in [3.8, 4) is 0 Å². The van der Waals surface area contributed by atoms with E-state index in [9.17, 15) is 0 Å². The van der Waals surface area contributed by atoms with E-state index in [1.54, 1.807) is 24.3 Å². The van der Waals surface area contributed by atoms with Crippen molar-refractivity contribution in [1.29, 1.82) is 0 Å². The fraction of sp³-hybridized carbons (Fsp3) is 0.154. The van der Waals surface area contributed by atoms with Gasteiger partial charge in [0.2, 0.25) is 0 Å². The van der Waals surface area contributed by atoms with Gasteiger partial charge in [-0.3, -0.25) is 0 Å². The van der Waals surface area contributed by atoms with E-state index < -0.39 is 25.6 Å². The molecule has 0 saturated heterocycles. The van der Waals surface area contributed by atoms with Crippen molar-refractivity contribution in [2.75, 3.05) is 12.3 Å². The molecule has 4 nitrogen and oxygen atoms in total. The Morgan fingerprint density at radius 3 is 0.828 bits per heavy atom. The van der Waals surface area contributed by atoms with E-state index in [0.29, 0.717) is 12.3 Å². The van der Waals surface area contributed by atoms with Crippen molar-refractivity contribution in [2.24, 2.45) is 0 Å². The summed E-state index contributed by atoms with van der Waals surface area (Å²) in [5, 5.41) is 5.86. The number of carbonyl (C=O) groups excluding carboxylic acids is 2. The molecule has 0 atom stereocenters. The topological polar surface area (TPSA) is 52.6 Å². The van der Waals surface area contributed by atoms with Crippen LogP contribution in [0.3, 0.4) is 0 Å². The normalized spacial score (nSPS) is 12.9. The monoisotopic (exact) mass is 802 g/mol. The molecule has 0 aliphatic heterocycles. The third-order valence-electron chi connectivity index (χ3n) is 11.6. The average molecular weight is 803 g/mol. The van der Waals surface area contributed by atoms with Crippen LogP contribution in [0.5, 0.6) is 0 Å². The van der Waals surface area contributed by atoms with E-state index in [-0.39, 0.29) is 11.1 Å². The molecule has 0 spiro atoms. The number of hydrogen-bond acceptors (Lipinski definition) is 4. The van der Waals surface area contributed by atoms with Gasteiger partial charge in [0.05, 0.1) is 0 Å². The van der Waals surface area contributed by atoms with Gasteiger partial charge >= 0.3 is 345 Å². The van der Waals surface area contributed by atoms with Crippen LogP contribution in [0.15, 0.2) is 206 Å². The van der Waals surface area contributed by atoms with Crippen LogP contribution in [0, 0.1) is 0 Å². The van der Waals surface area contributed by atoms with Crippen LogP contribution >= 0.6 is 13.7 Å². The SMILES string of the molecule is CCCCP(OC(=O)c1cccc(C(=O)OP(CCCC)(c2ccccc2)(c2ccccc2)c2ccccc2)c1)(c1ccccc1)(c1ccccc1)c1ccccc1. The van der Waals surface area contributed by atoms with Crippen LogP contribution in [-0.4, -0.2) is 24.3 Å². The summed E-state index contributed by atoms with van der Waals surface area (Å²) in [5.41, 5.74) is 0.575. The Bertz CT molecular complexity index is 2060. The maximum atomic E-state index is 15.1. The van der Waals surface area contributed by atoms with Gasteiger partial charge in [0.1, 0.15) is 0 Å². The van der Waals surface area contributed by atoms with Crippen molar-refractivity contribution in [2.45, 2.75) is 39.5 Å². The van der Waals surface area contributed by atoms with Gasteiger partial charge in [-0.15, -0.1) is 0 Å². The molecule has 0 saturated carbocycles. The molecule has 0 aliphatic rings. The summed E-state index contributed by atoms with van der Waals surface area (Å²) < 4.78 is 14.7. The van der Waals surface area contributed by atoms with Gasteiger partial charge in [0, 0.05) is 0 Å². The first-order valence-electron chi connectivity index (χ1n) is 20.4. The van der Waals surface area contributed by atoms with E-state index in [4.69, 9.17) is 9.05 Å². The second kappa shape index (κ2) is 17.5. The van der Waals surface area contributed by atoms with Crippen molar-refractivity contribution in [3.63, 3.8) is 0 Å². The molecule has 0 N–H and O–H groups in total. The summed E-state index contributed by atoms with van der Waals surface area (Å²) in [6, 6.07) is 68.4. The quantitative estimate of drug-likeness (QED) is 0.0914. The van der Waals surface area contributed by atoms with Gasteiger partial charge in [0.25, 0.3) is 0 Å².